The fourth-order valence-corrected chi connectivity index (χ4v) is 4.74. The summed E-state index contributed by atoms with van der Waals surface area (Å²) in [5.74, 6) is -0.962. The fraction of sp³-hybridized carbons (Fsp3) is 0.406. The summed E-state index contributed by atoms with van der Waals surface area (Å²) >= 11 is 0. The number of allylic oxidation sites excluding steroid dienone is 3. The molecule has 10 heteroatoms. The molecule has 0 aliphatic carbocycles. The van der Waals surface area contributed by atoms with Crippen LogP contribution in [0.3, 0.4) is 0 Å². The van der Waals surface area contributed by atoms with E-state index >= 15 is 0 Å². The Labute approximate surface area is 246 Å². The van der Waals surface area contributed by atoms with E-state index in [9.17, 15) is 19.2 Å². The predicted octanol–water partition coefficient (Wildman–Crippen LogP) is 4.78. The van der Waals surface area contributed by atoms with E-state index in [4.69, 9.17) is 14.2 Å². The van der Waals surface area contributed by atoms with Gasteiger partial charge in [0, 0.05) is 24.4 Å². The molecule has 42 heavy (non-hydrogen) atoms. The molecule has 2 amide bonds. The van der Waals surface area contributed by atoms with Crippen molar-refractivity contribution in [3.05, 3.63) is 66.9 Å². The largest absolute Gasteiger partial charge is 0.472 e. The molecular weight excluding hydrogens is 538 g/mol. The minimum absolute atomic E-state index is 0.0144. The van der Waals surface area contributed by atoms with Gasteiger partial charge in [-0.15, -0.1) is 6.58 Å². The van der Waals surface area contributed by atoms with E-state index in [1.807, 2.05) is 24.3 Å². The molecule has 1 N–H and O–H groups in total. The van der Waals surface area contributed by atoms with E-state index < -0.39 is 36.2 Å². The molecule has 0 radical (unpaired) electrons. The first kappa shape index (κ1) is 32.0. The van der Waals surface area contributed by atoms with Crippen LogP contribution in [0.25, 0.3) is 16.8 Å². The van der Waals surface area contributed by atoms with Crippen molar-refractivity contribution < 1.29 is 33.4 Å². The molecule has 0 spiro atoms. The number of ether oxygens (including phenoxy) is 3. The first-order valence-corrected chi connectivity index (χ1v) is 13.9. The summed E-state index contributed by atoms with van der Waals surface area (Å²) in [5, 5.41) is 4.28. The van der Waals surface area contributed by atoms with Gasteiger partial charge in [0.25, 0.3) is 0 Å². The van der Waals surface area contributed by atoms with E-state index in [1.54, 1.807) is 32.2 Å². The van der Waals surface area contributed by atoms with E-state index in [-0.39, 0.29) is 38.2 Å². The van der Waals surface area contributed by atoms with Crippen LogP contribution in [0.5, 0.6) is 5.88 Å². The van der Waals surface area contributed by atoms with Gasteiger partial charge in [-0.3, -0.25) is 9.59 Å². The smallest absolute Gasteiger partial charge is 0.407 e. The van der Waals surface area contributed by atoms with Gasteiger partial charge in [-0.2, -0.15) is 0 Å². The minimum Gasteiger partial charge on any atom is -0.472 e. The second kappa shape index (κ2) is 15.5. The third kappa shape index (κ3) is 8.76. The molecule has 3 atom stereocenters. The van der Waals surface area contributed by atoms with Crippen molar-refractivity contribution in [2.45, 2.75) is 64.1 Å². The number of aromatic nitrogens is 1. The molecule has 1 aromatic carbocycles. The molecule has 1 aromatic heterocycles. The first-order valence-electron chi connectivity index (χ1n) is 13.9. The molecule has 1 aliphatic rings. The Morgan fingerprint density at radius 2 is 1.98 bits per heavy atom. The summed E-state index contributed by atoms with van der Waals surface area (Å²) < 4.78 is 16.5. The number of alkyl carbamates (subject to hydrolysis) is 1. The zero-order chi connectivity index (χ0) is 30.6. The summed E-state index contributed by atoms with van der Waals surface area (Å²) in [4.78, 5) is 57.3. The lowest BCUT2D eigenvalue weighted by molar-refractivity contribution is -0.151. The highest BCUT2D eigenvalue weighted by atomic mass is 16.5. The monoisotopic (exact) mass is 577 g/mol. The van der Waals surface area contributed by atoms with Gasteiger partial charge in [0.15, 0.2) is 5.78 Å². The number of carbonyl (C=O) groups is 4. The number of unbranched alkanes of at least 4 members (excludes halogenated alkanes) is 1. The number of benzene rings is 1. The molecule has 1 fully saturated rings. The van der Waals surface area contributed by atoms with Crippen LogP contribution in [0.2, 0.25) is 0 Å². The minimum atomic E-state index is -1.11. The van der Waals surface area contributed by atoms with Gasteiger partial charge in [-0.25, -0.2) is 14.6 Å². The molecule has 224 valence electrons. The Kier molecular flexibility index (Phi) is 11.8. The molecule has 0 saturated carbocycles. The van der Waals surface area contributed by atoms with E-state index in [1.165, 1.54) is 18.1 Å². The van der Waals surface area contributed by atoms with Crippen molar-refractivity contribution >= 4 is 40.6 Å². The van der Waals surface area contributed by atoms with Crippen molar-refractivity contribution in [3.63, 3.8) is 0 Å². The summed E-state index contributed by atoms with van der Waals surface area (Å²) in [6.45, 7) is 11.2. The number of pyridine rings is 1. The molecule has 2 heterocycles. The highest BCUT2D eigenvalue weighted by Gasteiger charge is 2.44. The van der Waals surface area contributed by atoms with Gasteiger partial charge in [0.2, 0.25) is 11.8 Å². The van der Waals surface area contributed by atoms with Gasteiger partial charge < -0.3 is 24.4 Å². The summed E-state index contributed by atoms with van der Waals surface area (Å²) in [6.07, 6.45) is 6.64. The topological polar surface area (TPSA) is 124 Å². The number of nitrogens with one attached hydrogen (secondary N) is 1. The number of amides is 2. The number of hydrogen-bond donors (Lipinski definition) is 1. The van der Waals surface area contributed by atoms with Gasteiger partial charge in [0.05, 0.1) is 20.3 Å². The van der Waals surface area contributed by atoms with Crippen LogP contribution in [0.1, 0.15) is 51.5 Å². The van der Waals surface area contributed by atoms with E-state index in [2.05, 4.69) is 23.5 Å². The van der Waals surface area contributed by atoms with Crippen molar-refractivity contribution in [1.82, 2.24) is 15.2 Å². The second-order valence-corrected chi connectivity index (χ2v) is 10.3. The number of methoxy groups -OCH3 is 1. The molecule has 1 aliphatic heterocycles. The Bertz CT molecular complexity index is 1350. The number of fused-ring (bicyclic) bond motifs is 1. The highest BCUT2D eigenvalue weighted by Crippen LogP contribution is 2.29. The Balaban J connectivity index is 1.82. The van der Waals surface area contributed by atoms with Crippen LogP contribution in [-0.2, 0) is 23.9 Å². The van der Waals surface area contributed by atoms with E-state index in [0.717, 1.165) is 21.9 Å². The number of hydrogen-bond acceptors (Lipinski definition) is 8. The Morgan fingerprint density at radius 3 is 2.67 bits per heavy atom. The van der Waals surface area contributed by atoms with Crippen LogP contribution in [0.15, 0.2) is 61.3 Å². The summed E-state index contributed by atoms with van der Waals surface area (Å²) in [6, 6.07) is 5.58. The lowest BCUT2D eigenvalue weighted by Gasteiger charge is -2.27. The summed E-state index contributed by atoms with van der Waals surface area (Å²) in [5.41, 5.74) is 1.72. The van der Waals surface area contributed by atoms with Crippen molar-refractivity contribution in [2.75, 3.05) is 20.3 Å². The number of likely N-dealkylation sites (tertiary alicyclic amines) is 1. The quantitative estimate of drug-likeness (QED) is 0.147. The summed E-state index contributed by atoms with van der Waals surface area (Å²) in [7, 11) is 1.25. The standard InChI is InChI=1S/C32H39N3O7/c1-6-8-9-16-41-32(39)34-27(13-12-24(36)17-21(3)4)30(37)35-20-25(19-28(35)31(38)40-5)42-29-26-18-22(7-2)10-11-23(26)14-15-33-29/h6-7,10-11,14-15,17-18,25,27-28H,1-2,8-9,12-13,16,19-20H2,3-5H3,(H,34,39). The molecule has 0 bridgehead atoms. The van der Waals surface area contributed by atoms with Gasteiger partial charge in [-0.05, 0) is 62.3 Å². The van der Waals surface area contributed by atoms with Gasteiger partial charge >= 0.3 is 12.1 Å². The van der Waals surface area contributed by atoms with Crippen molar-refractivity contribution in [2.24, 2.45) is 0 Å². The zero-order valence-electron chi connectivity index (χ0n) is 24.5. The predicted molar refractivity (Wildman–Crippen MR) is 160 cm³/mol. The number of nitrogens with zero attached hydrogens (tertiary/aromatic N) is 2. The number of esters is 1. The molecular formula is C32H39N3O7. The average molecular weight is 578 g/mol. The normalized spacial score (nSPS) is 16.7. The van der Waals surface area contributed by atoms with Gasteiger partial charge in [0.1, 0.15) is 18.2 Å². The molecule has 2 aromatic rings. The highest BCUT2D eigenvalue weighted by molar-refractivity contribution is 5.93. The van der Waals surface area contributed by atoms with Crippen LogP contribution in [-0.4, -0.2) is 72.1 Å². The molecule has 3 unspecified atom stereocenters. The second-order valence-electron chi connectivity index (χ2n) is 10.3. The van der Waals surface area contributed by atoms with Crippen LogP contribution in [0.4, 0.5) is 4.79 Å². The Hall–Kier alpha value is -4.47. The van der Waals surface area contributed by atoms with Crippen molar-refractivity contribution in [1.29, 1.82) is 0 Å². The molecule has 3 rings (SSSR count). The Morgan fingerprint density at radius 1 is 1.19 bits per heavy atom. The maximum Gasteiger partial charge on any atom is 0.407 e. The lowest BCUT2D eigenvalue weighted by Crippen LogP contribution is -2.52. The van der Waals surface area contributed by atoms with Gasteiger partial charge in [-0.1, -0.05) is 36.4 Å². The lowest BCUT2D eigenvalue weighted by atomic mass is 10.1. The maximum absolute atomic E-state index is 13.8. The molecule has 1 saturated heterocycles. The number of rotatable bonds is 14. The van der Waals surface area contributed by atoms with E-state index in [0.29, 0.717) is 18.7 Å². The first-order chi connectivity index (χ1) is 20.2. The average Bonchev–Trinajstić information content (AvgIpc) is 3.40. The van der Waals surface area contributed by atoms with Crippen molar-refractivity contribution in [3.8, 4) is 5.88 Å². The van der Waals surface area contributed by atoms with Crippen LogP contribution < -0.4 is 10.1 Å². The number of ketones is 1. The zero-order valence-corrected chi connectivity index (χ0v) is 24.5. The van der Waals surface area contributed by atoms with Crippen LogP contribution >= 0.6 is 0 Å². The third-order valence-corrected chi connectivity index (χ3v) is 6.79. The third-order valence-electron chi connectivity index (χ3n) is 6.79. The molecule has 10 nitrogen and oxygen atoms in total. The number of carbonyl (C=O) groups excluding carboxylic acids is 4. The fourth-order valence-electron chi connectivity index (χ4n) is 4.74. The maximum atomic E-state index is 13.8. The van der Waals surface area contributed by atoms with Crippen LogP contribution in [0, 0.1) is 0 Å². The SMILES string of the molecule is C=CCCCOC(=O)NC(CCC(=O)C=C(C)C)C(=O)N1CC(Oc2nccc3ccc(C=C)cc23)CC1C(=O)OC.